The maximum atomic E-state index is 12.6. The van der Waals surface area contributed by atoms with E-state index in [2.05, 4.69) is 15.6 Å². The van der Waals surface area contributed by atoms with Gasteiger partial charge in [-0.15, -0.1) is 24.0 Å². The van der Waals surface area contributed by atoms with Gasteiger partial charge < -0.3 is 15.5 Å². The lowest BCUT2D eigenvalue weighted by molar-refractivity contribution is -0.137. The summed E-state index contributed by atoms with van der Waals surface area (Å²) in [4.78, 5) is 17.6. The molecule has 0 bridgehead atoms. The maximum Gasteiger partial charge on any atom is 0.416 e. The van der Waals surface area contributed by atoms with Gasteiger partial charge >= 0.3 is 6.18 Å². The van der Waals surface area contributed by atoms with Crippen LogP contribution in [-0.2, 0) is 17.5 Å². The van der Waals surface area contributed by atoms with Gasteiger partial charge in [-0.3, -0.25) is 9.79 Å². The molecule has 0 heterocycles. The van der Waals surface area contributed by atoms with Crippen LogP contribution in [0.1, 0.15) is 31.9 Å². The molecule has 1 aromatic carbocycles. The second kappa shape index (κ2) is 9.98. The highest BCUT2D eigenvalue weighted by molar-refractivity contribution is 14.0. The van der Waals surface area contributed by atoms with Crippen LogP contribution in [0, 0.1) is 0 Å². The number of benzene rings is 1. The number of aliphatic imine (C=N–C) groups is 1. The van der Waals surface area contributed by atoms with Gasteiger partial charge in [-0.1, -0.05) is 12.1 Å². The van der Waals surface area contributed by atoms with Crippen molar-refractivity contribution >= 4 is 35.8 Å². The number of hydrogen-bond acceptors (Lipinski definition) is 2. The average molecular weight is 486 g/mol. The van der Waals surface area contributed by atoms with E-state index >= 15 is 0 Å². The van der Waals surface area contributed by atoms with Crippen molar-refractivity contribution in [1.29, 1.82) is 0 Å². The molecule has 0 fully saturated rings. The summed E-state index contributed by atoms with van der Waals surface area (Å²) < 4.78 is 37.7. The zero-order valence-corrected chi connectivity index (χ0v) is 17.9. The number of guanidine groups is 1. The molecule has 0 atom stereocenters. The number of nitrogens with zero attached hydrogens (tertiary/aromatic N) is 2. The molecule has 1 aromatic rings. The largest absolute Gasteiger partial charge is 0.416 e. The molecule has 26 heavy (non-hydrogen) atoms. The summed E-state index contributed by atoms with van der Waals surface area (Å²) in [6, 6.07) is 4.96. The molecule has 148 valence electrons. The van der Waals surface area contributed by atoms with Crippen LogP contribution in [-0.4, -0.2) is 42.9 Å². The van der Waals surface area contributed by atoms with Crippen LogP contribution < -0.4 is 10.6 Å². The van der Waals surface area contributed by atoms with Gasteiger partial charge in [-0.25, -0.2) is 0 Å². The lowest BCUT2D eigenvalue weighted by atomic mass is 10.1. The molecule has 0 spiro atoms. The van der Waals surface area contributed by atoms with Gasteiger partial charge in [0.1, 0.15) is 0 Å². The molecule has 0 saturated carbocycles. The Balaban J connectivity index is 0.00000625. The lowest BCUT2D eigenvalue weighted by Gasteiger charge is -2.24. The third kappa shape index (κ3) is 8.72. The number of rotatable bonds is 4. The summed E-state index contributed by atoms with van der Waals surface area (Å²) >= 11 is 0. The minimum Gasteiger partial charge on any atom is -0.350 e. The summed E-state index contributed by atoms with van der Waals surface area (Å²) in [6.45, 7) is 6.07. The monoisotopic (exact) mass is 486 g/mol. The van der Waals surface area contributed by atoms with Gasteiger partial charge in [0.05, 0.1) is 12.1 Å². The zero-order valence-electron chi connectivity index (χ0n) is 15.6. The van der Waals surface area contributed by atoms with E-state index in [-0.39, 0.29) is 42.0 Å². The predicted octanol–water partition coefficient (Wildman–Crippen LogP) is 3.25. The second-order valence-electron chi connectivity index (χ2n) is 6.75. The molecule has 0 aromatic heterocycles. The van der Waals surface area contributed by atoms with Crippen molar-refractivity contribution in [1.82, 2.24) is 15.5 Å². The third-order valence-corrected chi connectivity index (χ3v) is 3.20. The van der Waals surface area contributed by atoms with E-state index in [9.17, 15) is 18.0 Å². The number of carbonyl (C=O) groups is 1. The first-order valence-electron chi connectivity index (χ1n) is 7.81. The van der Waals surface area contributed by atoms with Crippen LogP contribution in [0.5, 0.6) is 0 Å². The first kappa shape index (κ1) is 24.5. The first-order chi connectivity index (χ1) is 11.4. The van der Waals surface area contributed by atoms with Crippen molar-refractivity contribution in [3.8, 4) is 0 Å². The normalized spacial score (nSPS) is 12.2. The van der Waals surface area contributed by atoms with Crippen molar-refractivity contribution in [2.45, 2.75) is 39.0 Å². The molecular formula is C17H26F3IN4O. The summed E-state index contributed by atoms with van der Waals surface area (Å²) in [7, 11) is 3.32. The Kier molecular flexibility index (Phi) is 9.40. The Morgan fingerprint density at radius 2 is 1.69 bits per heavy atom. The van der Waals surface area contributed by atoms with E-state index in [1.54, 1.807) is 19.0 Å². The lowest BCUT2D eigenvalue weighted by Crippen LogP contribution is -2.48. The number of alkyl halides is 3. The van der Waals surface area contributed by atoms with Crippen molar-refractivity contribution < 1.29 is 18.0 Å². The van der Waals surface area contributed by atoms with Gasteiger partial charge in [0.25, 0.3) is 0 Å². The molecule has 5 nitrogen and oxygen atoms in total. The molecule has 1 rings (SSSR count). The van der Waals surface area contributed by atoms with Gasteiger partial charge in [-0.2, -0.15) is 13.2 Å². The highest BCUT2D eigenvalue weighted by Crippen LogP contribution is 2.29. The molecule has 0 aliphatic rings. The molecule has 1 amide bonds. The van der Waals surface area contributed by atoms with E-state index in [4.69, 9.17) is 0 Å². The SMILES string of the molecule is CN=C(NCC(=O)NC(C)(C)C)N(C)Cc1ccc(C(F)(F)F)cc1.I. The average Bonchev–Trinajstić information content (AvgIpc) is 2.45. The van der Waals surface area contributed by atoms with Crippen LogP contribution in [0.15, 0.2) is 29.3 Å². The quantitative estimate of drug-likeness (QED) is 0.391. The van der Waals surface area contributed by atoms with Crippen LogP contribution in [0.2, 0.25) is 0 Å². The van der Waals surface area contributed by atoms with Crippen molar-refractivity contribution in [3.63, 3.8) is 0 Å². The van der Waals surface area contributed by atoms with Crippen molar-refractivity contribution in [2.75, 3.05) is 20.6 Å². The molecular weight excluding hydrogens is 460 g/mol. The van der Waals surface area contributed by atoms with Gasteiger partial charge in [0, 0.05) is 26.2 Å². The van der Waals surface area contributed by atoms with E-state index in [0.29, 0.717) is 18.1 Å². The van der Waals surface area contributed by atoms with Gasteiger partial charge in [0.15, 0.2) is 5.96 Å². The number of hydrogen-bond donors (Lipinski definition) is 2. The third-order valence-electron chi connectivity index (χ3n) is 3.20. The summed E-state index contributed by atoms with van der Waals surface area (Å²) in [6.07, 6.45) is -4.34. The van der Waals surface area contributed by atoms with Crippen molar-refractivity contribution in [2.24, 2.45) is 4.99 Å². The highest BCUT2D eigenvalue weighted by Gasteiger charge is 2.29. The number of nitrogens with one attached hydrogen (secondary N) is 2. The molecule has 0 aliphatic carbocycles. The topological polar surface area (TPSA) is 56.7 Å². The Morgan fingerprint density at radius 3 is 2.12 bits per heavy atom. The molecule has 0 unspecified atom stereocenters. The Bertz CT molecular complexity index is 610. The Morgan fingerprint density at radius 1 is 1.15 bits per heavy atom. The standard InChI is InChI=1S/C17H25F3N4O.HI/c1-16(2,3)23-14(25)10-22-15(21-4)24(5)11-12-6-8-13(9-7-12)17(18,19)20;/h6-9H,10-11H2,1-5H3,(H,21,22)(H,23,25);1H. The van der Waals surface area contributed by atoms with E-state index in [0.717, 1.165) is 12.1 Å². The fourth-order valence-corrected chi connectivity index (χ4v) is 2.15. The Labute approximate surface area is 169 Å². The summed E-state index contributed by atoms with van der Waals surface area (Å²) in [5.41, 5.74) is -0.299. The second-order valence-corrected chi connectivity index (χ2v) is 6.75. The smallest absolute Gasteiger partial charge is 0.350 e. The van der Waals surface area contributed by atoms with Crippen LogP contribution >= 0.6 is 24.0 Å². The predicted molar refractivity (Wildman–Crippen MR) is 108 cm³/mol. The summed E-state index contributed by atoms with van der Waals surface area (Å²) in [5, 5.41) is 5.76. The fourth-order valence-electron chi connectivity index (χ4n) is 2.15. The van der Waals surface area contributed by atoms with Crippen LogP contribution in [0.3, 0.4) is 0 Å². The van der Waals surface area contributed by atoms with Gasteiger partial charge in [0.2, 0.25) is 5.91 Å². The summed E-state index contributed by atoms with van der Waals surface area (Å²) in [5.74, 6) is 0.306. The van der Waals surface area contributed by atoms with Crippen LogP contribution in [0.25, 0.3) is 0 Å². The Hall–Kier alpha value is -1.52. The molecule has 2 N–H and O–H groups in total. The number of amides is 1. The molecule has 0 radical (unpaired) electrons. The van der Waals surface area contributed by atoms with E-state index < -0.39 is 11.7 Å². The van der Waals surface area contributed by atoms with Crippen LogP contribution in [0.4, 0.5) is 13.2 Å². The van der Waals surface area contributed by atoms with E-state index in [1.165, 1.54) is 12.1 Å². The van der Waals surface area contributed by atoms with E-state index in [1.807, 2.05) is 20.8 Å². The fraction of sp³-hybridized carbons (Fsp3) is 0.529. The minimum absolute atomic E-state index is 0. The minimum atomic E-state index is -4.34. The molecule has 0 aliphatic heterocycles. The molecule has 0 saturated heterocycles. The van der Waals surface area contributed by atoms with Gasteiger partial charge in [-0.05, 0) is 38.5 Å². The highest BCUT2D eigenvalue weighted by atomic mass is 127. The molecule has 9 heteroatoms. The maximum absolute atomic E-state index is 12.6. The number of halogens is 4. The zero-order chi connectivity index (χ0) is 19.3. The number of carbonyl (C=O) groups excluding carboxylic acids is 1. The van der Waals surface area contributed by atoms with Crippen molar-refractivity contribution in [3.05, 3.63) is 35.4 Å². The first-order valence-corrected chi connectivity index (χ1v) is 7.81.